The summed E-state index contributed by atoms with van der Waals surface area (Å²) >= 11 is 3.42. The molecule has 0 atom stereocenters. The summed E-state index contributed by atoms with van der Waals surface area (Å²) in [7, 11) is 1.66. The van der Waals surface area contributed by atoms with Gasteiger partial charge in [0.25, 0.3) is 0 Å². The maximum atomic E-state index is 5.99. The molecule has 0 aliphatic rings. The Balaban J connectivity index is 2.23. The molecule has 3 rings (SSSR count). The number of anilines is 1. The third-order valence-corrected chi connectivity index (χ3v) is 4.25. The van der Waals surface area contributed by atoms with E-state index < -0.39 is 0 Å². The molecule has 0 amide bonds. The third-order valence-electron chi connectivity index (χ3n) is 3.53. The first-order chi connectivity index (χ1) is 10.1. The van der Waals surface area contributed by atoms with Gasteiger partial charge in [-0.15, -0.1) is 0 Å². The van der Waals surface area contributed by atoms with E-state index in [1.165, 1.54) is 0 Å². The van der Waals surface area contributed by atoms with Crippen LogP contribution in [0.4, 0.5) is 5.69 Å². The number of methoxy groups -OCH3 is 1. The van der Waals surface area contributed by atoms with E-state index in [-0.39, 0.29) is 0 Å². The van der Waals surface area contributed by atoms with Crippen molar-refractivity contribution in [1.29, 1.82) is 0 Å². The van der Waals surface area contributed by atoms with Gasteiger partial charge in [-0.1, -0.05) is 0 Å². The number of rotatable bonds is 3. The van der Waals surface area contributed by atoms with Crippen molar-refractivity contribution >= 4 is 32.7 Å². The van der Waals surface area contributed by atoms with Crippen molar-refractivity contribution in [1.82, 2.24) is 9.55 Å². The molecule has 0 saturated heterocycles. The Bertz CT molecular complexity index is 811. The lowest BCUT2D eigenvalue weighted by atomic mass is 10.2. The molecule has 4 nitrogen and oxygen atoms in total. The second-order valence-electron chi connectivity index (χ2n) is 4.77. The van der Waals surface area contributed by atoms with Crippen LogP contribution in [0.25, 0.3) is 22.4 Å². The highest BCUT2D eigenvalue weighted by Gasteiger charge is 2.13. The summed E-state index contributed by atoms with van der Waals surface area (Å²) in [5.41, 5.74) is 9.72. The quantitative estimate of drug-likeness (QED) is 0.727. The molecule has 0 spiro atoms. The number of nitrogen functional groups attached to an aromatic ring is 1. The second-order valence-corrected chi connectivity index (χ2v) is 5.62. The Morgan fingerprint density at radius 1 is 1.24 bits per heavy atom. The van der Waals surface area contributed by atoms with Gasteiger partial charge in [-0.25, -0.2) is 4.98 Å². The number of aryl methyl sites for hydroxylation is 1. The number of nitrogens with two attached hydrogens (primary N) is 1. The summed E-state index contributed by atoms with van der Waals surface area (Å²) in [6.45, 7) is 2.95. The van der Waals surface area contributed by atoms with Crippen LogP contribution in [-0.2, 0) is 6.54 Å². The smallest absolute Gasteiger partial charge is 0.141 e. The molecule has 0 bridgehead atoms. The number of halogens is 1. The number of hydrogen-bond acceptors (Lipinski definition) is 3. The fourth-order valence-corrected chi connectivity index (χ4v) is 2.71. The maximum Gasteiger partial charge on any atom is 0.141 e. The predicted molar refractivity (Wildman–Crippen MR) is 89.5 cm³/mol. The van der Waals surface area contributed by atoms with E-state index in [4.69, 9.17) is 15.5 Å². The standard InChI is InChI=1S/C16H16BrN3O/c1-3-20-15-7-5-11(21-2)9-14(15)19-16(20)10-4-6-12(17)13(18)8-10/h4-9H,3,18H2,1-2H3. The summed E-state index contributed by atoms with van der Waals surface area (Å²) in [4.78, 5) is 4.75. The largest absolute Gasteiger partial charge is 0.497 e. The average molecular weight is 346 g/mol. The fraction of sp³-hybridized carbons (Fsp3) is 0.188. The fourth-order valence-electron chi connectivity index (χ4n) is 2.46. The van der Waals surface area contributed by atoms with Gasteiger partial charge in [0, 0.05) is 28.3 Å². The molecule has 2 N–H and O–H groups in total. The summed E-state index contributed by atoms with van der Waals surface area (Å²) < 4.78 is 8.34. The van der Waals surface area contributed by atoms with Crippen LogP contribution in [0.15, 0.2) is 40.9 Å². The van der Waals surface area contributed by atoms with E-state index >= 15 is 0 Å². The van der Waals surface area contributed by atoms with Gasteiger partial charge in [0.15, 0.2) is 0 Å². The summed E-state index contributed by atoms with van der Waals surface area (Å²) in [5.74, 6) is 1.73. The minimum Gasteiger partial charge on any atom is -0.497 e. The van der Waals surface area contributed by atoms with Crippen LogP contribution < -0.4 is 10.5 Å². The molecule has 108 valence electrons. The summed E-state index contributed by atoms with van der Waals surface area (Å²) in [6.07, 6.45) is 0. The van der Waals surface area contributed by atoms with Crippen molar-refractivity contribution in [3.63, 3.8) is 0 Å². The van der Waals surface area contributed by atoms with Crippen LogP contribution in [-0.4, -0.2) is 16.7 Å². The predicted octanol–water partition coefficient (Wildman–Crippen LogP) is 4.08. The van der Waals surface area contributed by atoms with Gasteiger partial charge in [-0.3, -0.25) is 0 Å². The molecule has 0 aliphatic carbocycles. The highest BCUT2D eigenvalue weighted by atomic mass is 79.9. The Morgan fingerprint density at radius 3 is 2.71 bits per heavy atom. The van der Waals surface area contributed by atoms with Crippen LogP contribution in [0.3, 0.4) is 0 Å². The van der Waals surface area contributed by atoms with Crippen LogP contribution in [0.1, 0.15) is 6.92 Å². The Hall–Kier alpha value is -2.01. The van der Waals surface area contributed by atoms with Crippen molar-refractivity contribution in [2.24, 2.45) is 0 Å². The topological polar surface area (TPSA) is 53.1 Å². The normalized spacial score (nSPS) is 11.0. The molecule has 3 aromatic rings. The average Bonchev–Trinajstić information content (AvgIpc) is 2.87. The molecule has 0 radical (unpaired) electrons. The number of fused-ring (bicyclic) bond motifs is 1. The van der Waals surface area contributed by atoms with Gasteiger partial charge in [-0.2, -0.15) is 0 Å². The molecule has 0 aliphatic heterocycles. The van der Waals surface area contributed by atoms with E-state index in [0.29, 0.717) is 5.69 Å². The zero-order chi connectivity index (χ0) is 15.0. The van der Waals surface area contributed by atoms with Crippen molar-refractivity contribution in [2.45, 2.75) is 13.5 Å². The van der Waals surface area contributed by atoms with Crippen LogP contribution in [0.2, 0.25) is 0 Å². The SMILES string of the molecule is CCn1c(-c2ccc(Br)c(N)c2)nc2cc(OC)ccc21. The van der Waals surface area contributed by atoms with Crippen molar-refractivity contribution < 1.29 is 4.74 Å². The lowest BCUT2D eigenvalue weighted by Gasteiger charge is -2.07. The van der Waals surface area contributed by atoms with Crippen molar-refractivity contribution in [3.05, 3.63) is 40.9 Å². The molecule has 0 fully saturated rings. The van der Waals surface area contributed by atoms with Crippen LogP contribution in [0, 0.1) is 0 Å². The number of hydrogen-bond donors (Lipinski definition) is 1. The molecule has 1 heterocycles. The van der Waals surface area contributed by atoms with E-state index in [9.17, 15) is 0 Å². The molecule has 21 heavy (non-hydrogen) atoms. The molecular formula is C16H16BrN3O. The monoisotopic (exact) mass is 345 g/mol. The lowest BCUT2D eigenvalue weighted by Crippen LogP contribution is -1.98. The van der Waals surface area contributed by atoms with E-state index in [1.807, 2.05) is 36.4 Å². The molecular weight excluding hydrogens is 330 g/mol. The van der Waals surface area contributed by atoms with E-state index in [1.54, 1.807) is 7.11 Å². The van der Waals surface area contributed by atoms with Gasteiger partial charge in [0.05, 0.1) is 18.1 Å². The van der Waals surface area contributed by atoms with E-state index in [0.717, 1.165) is 39.2 Å². The molecule has 1 aromatic heterocycles. The minimum absolute atomic E-state index is 0.708. The lowest BCUT2D eigenvalue weighted by molar-refractivity contribution is 0.415. The maximum absolute atomic E-state index is 5.99. The number of imidazole rings is 1. The number of nitrogens with zero attached hydrogens (tertiary/aromatic N) is 2. The second kappa shape index (κ2) is 5.41. The molecule has 0 unspecified atom stereocenters. The highest BCUT2D eigenvalue weighted by molar-refractivity contribution is 9.10. The Morgan fingerprint density at radius 2 is 2.05 bits per heavy atom. The van der Waals surface area contributed by atoms with Gasteiger partial charge < -0.3 is 15.0 Å². The number of aromatic nitrogens is 2. The summed E-state index contributed by atoms with van der Waals surface area (Å²) in [5, 5.41) is 0. The van der Waals surface area contributed by atoms with Gasteiger partial charge in [0.2, 0.25) is 0 Å². The molecule has 0 saturated carbocycles. The zero-order valence-electron chi connectivity index (χ0n) is 11.9. The van der Waals surface area contributed by atoms with Crippen LogP contribution >= 0.6 is 15.9 Å². The third kappa shape index (κ3) is 2.38. The zero-order valence-corrected chi connectivity index (χ0v) is 13.5. The summed E-state index contributed by atoms with van der Waals surface area (Å²) in [6, 6.07) is 11.9. The first-order valence-corrected chi connectivity index (χ1v) is 7.53. The van der Waals surface area contributed by atoms with Crippen LogP contribution in [0.5, 0.6) is 5.75 Å². The number of benzene rings is 2. The first kappa shape index (κ1) is 13.9. The highest BCUT2D eigenvalue weighted by Crippen LogP contribution is 2.30. The van der Waals surface area contributed by atoms with Crippen molar-refractivity contribution in [2.75, 3.05) is 12.8 Å². The van der Waals surface area contributed by atoms with Gasteiger partial charge in [0.1, 0.15) is 11.6 Å². The number of ether oxygens (including phenoxy) is 1. The van der Waals surface area contributed by atoms with Gasteiger partial charge in [-0.05, 0) is 53.2 Å². The first-order valence-electron chi connectivity index (χ1n) is 6.73. The van der Waals surface area contributed by atoms with Crippen molar-refractivity contribution in [3.8, 4) is 17.1 Å². The molecule has 5 heteroatoms. The van der Waals surface area contributed by atoms with Gasteiger partial charge >= 0.3 is 0 Å². The van der Waals surface area contributed by atoms with E-state index in [2.05, 4.69) is 27.4 Å². The molecule has 2 aromatic carbocycles. The Kier molecular flexibility index (Phi) is 3.59. The Labute approximate surface area is 131 Å². The minimum atomic E-state index is 0.708.